The lowest BCUT2D eigenvalue weighted by Gasteiger charge is -2.27. The molecule has 0 amide bonds. The van der Waals surface area contributed by atoms with E-state index in [2.05, 4.69) is 0 Å². The van der Waals surface area contributed by atoms with Crippen molar-refractivity contribution in [3.63, 3.8) is 0 Å². The molecule has 1 saturated carbocycles. The van der Waals surface area contributed by atoms with Gasteiger partial charge in [-0.05, 0) is 43.9 Å². The van der Waals surface area contributed by atoms with Crippen molar-refractivity contribution in [3.8, 4) is 0 Å². The molecule has 0 aromatic heterocycles. The third kappa shape index (κ3) is 5.04. The molecule has 21 heavy (non-hydrogen) atoms. The molecule has 0 bridgehead atoms. The molecule has 0 radical (unpaired) electrons. The van der Waals surface area contributed by atoms with E-state index in [4.69, 9.17) is 16.3 Å². The first-order chi connectivity index (χ1) is 10.1. The molecule has 1 aliphatic rings. The highest BCUT2D eigenvalue weighted by molar-refractivity contribution is 8.00. The molecule has 0 saturated heterocycles. The molecule has 5 heteroatoms. The number of Topliss-reactive ketones (excluding diaryl/α,β-unsaturated/α-hetero) is 1. The van der Waals surface area contributed by atoms with Crippen LogP contribution in [-0.2, 0) is 14.3 Å². The van der Waals surface area contributed by atoms with Crippen LogP contribution in [0, 0.1) is 5.92 Å². The minimum atomic E-state index is -0.164. The summed E-state index contributed by atoms with van der Waals surface area (Å²) in [7, 11) is 0. The van der Waals surface area contributed by atoms with Crippen molar-refractivity contribution in [2.24, 2.45) is 5.92 Å². The number of benzene rings is 1. The highest BCUT2D eigenvalue weighted by Crippen LogP contribution is 2.36. The number of rotatable bonds is 5. The number of hydrogen-bond acceptors (Lipinski definition) is 4. The number of carbonyl (C=O) groups excluding carboxylic acids is 2. The van der Waals surface area contributed by atoms with E-state index in [1.807, 2.05) is 24.3 Å². The Morgan fingerprint density at radius 3 is 3.00 bits per heavy atom. The molecule has 114 valence electrons. The van der Waals surface area contributed by atoms with Crippen molar-refractivity contribution in [2.45, 2.75) is 42.8 Å². The number of halogens is 1. The Bertz CT molecular complexity index is 518. The Morgan fingerprint density at radius 2 is 2.29 bits per heavy atom. The summed E-state index contributed by atoms with van der Waals surface area (Å²) in [5, 5.41) is 0.586. The predicted octanol–water partition coefficient (Wildman–Crippen LogP) is 4.12. The summed E-state index contributed by atoms with van der Waals surface area (Å²) < 4.78 is 4.99. The molecule has 1 aliphatic carbocycles. The molecule has 1 aromatic carbocycles. The number of thioether (sulfide) groups is 1. The van der Waals surface area contributed by atoms with Gasteiger partial charge in [0.1, 0.15) is 5.78 Å². The topological polar surface area (TPSA) is 43.4 Å². The molecule has 2 unspecified atom stereocenters. The number of carbonyl (C=O) groups is 2. The molecule has 0 N–H and O–H groups in total. The maximum absolute atomic E-state index is 12.1. The van der Waals surface area contributed by atoms with Gasteiger partial charge in [0.15, 0.2) is 0 Å². The Balaban J connectivity index is 1.95. The Kier molecular flexibility index (Phi) is 6.12. The van der Waals surface area contributed by atoms with Gasteiger partial charge in [-0.25, -0.2) is 0 Å². The first-order valence-electron chi connectivity index (χ1n) is 7.19. The van der Waals surface area contributed by atoms with Gasteiger partial charge in [0.25, 0.3) is 0 Å². The van der Waals surface area contributed by atoms with Gasteiger partial charge in [-0.3, -0.25) is 9.59 Å². The summed E-state index contributed by atoms with van der Waals surface area (Å²) in [5.41, 5.74) is 0. The lowest BCUT2D eigenvalue weighted by molar-refractivity contribution is -0.144. The zero-order valence-electron chi connectivity index (χ0n) is 12.0. The highest BCUT2D eigenvalue weighted by Gasteiger charge is 2.30. The molecular weight excluding hydrogens is 308 g/mol. The van der Waals surface area contributed by atoms with Gasteiger partial charge in [0.2, 0.25) is 0 Å². The minimum absolute atomic E-state index is 0.0864. The maximum atomic E-state index is 12.1. The van der Waals surface area contributed by atoms with Crippen LogP contribution in [0.3, 0.4) is 0 Å². The van der Waals surface area contributed by atoms with Crippen LogP contribution in [0.15, 0.2) is 29.2 Å². The summed E-state index contributed by atoms with van der Waals surface area (Å²) in [6.45, 7) is 2.21. The van der Waals surface area contributed by atoms with E-state index in [1.54, 1.807) is 18.7 Å². The van der Waals surface area contributed by atoms with E-state index in [9.17, 15) is 9.59 Å². The van der Waals surface area contributed by atoms with Gasteiger partial charge >= 0.3 is 5.97 Å². The largest absolute Gasteiger partial charge is 0.466 e. The number of ketones is 1. The summed E-state index contributed by atoms with van der Waals surface area (Å²) in [4.78, 5) is 24.6. The summed E-state index contributed by atoms with van der Waals surface area (Å²) >= 11 is 7.52. The van der Waals surface area contributed by atoms with E-state index < -0.39 is 0 Å². The quantitative estimate of drug-likeness (QED) is 0.763. The number of hydrogen-bond donors (Lipinski definition) is 0. The second-order valence-corrected chi connectivity index (χ2v) is 6.89. The van der Waals surface area contributed by atoms with Gasteiger partial charge in [-0.15, -0.1) is 11.8 Å². The average molecular weight is 327 g/mol. The van der Waals surface area contributed by atoms with Crippen LogP contribution in [0.4, 0.5) is 0 Å². The third-order valence-electron chi connectivity index (χ3n) is 3.54. The van der Waals surface area contributed by atoms with Crippen molar-refractivity contribution in [1.82, 2.24) is 0 Å². The zero-order chi connectivity index (χ0) is 15.2. The second-order valence-electron chi connectivity index (χ2n) is 5.18. The SMILES string of the molecule is CCOC(=O)CC1CCC(=O)C(Sc2cccc(Cl)c2)C1. The second kappa shape index (κ2) is 7.85. The first kappa shape index (κ1) is 16.4. The van der Waals surface area contributed by atoms with Gasteiger partial charge in [0, 0.05) is 22.8 Å². The van der Waals surface area contributed by atoms with Crippen molar-refractivity contribution in [2.75, 3.05) is 6.61 Å². The van der Waals surface area contributed by atoms with Gasteiger partial charge in [-0.1, -0.05) is 17.7 Å². The first-order valence-corrected chi connectivity index (χ1v) is 8.44. The number of esters is 1. The van der Waals surface area contributed by atoms with E-state index in [-0.39, 0.29) is 22.9 Å². The van der Waals surface area contributed by atoms with E-state index in [1.165, 1.54) is 0 Å². The fourth-order valence-corrected chi connectivity index (χ4v) is 4.07. The molecule has 1 fully saturated rings. The zero-order valence-corrected chi connectivity index (χ0v) is 13.6. The van der Waals surface area contributed by atoms with Gasteiger partial charge in [0.05, 0.1) is 11.9 Å². The van der Waals surface area contributed by atoms with Crippen molar-refractivity contribution in [1.29, 1.82) is 0 Å². The standard InChI is InChI=1S/C16H19ClO3S/c1-2-20-16(19)9-11-6-7-14(18)15(8-11)21-13-5-3-4-12(17)10-13/h3-5,10-11,15H,2,6-9H2,1H3. The van der Waals surface area contributed by atoms with Crippen LogP contribution in [-0.4, -0.2) is 23.6 Å². The summed E-state index contributed by atoms with van der Waals surface area (Å²) in [5.74, 6) is 0.335. The molecule has 0 aliphatic heterocycles. The van der Waals surface area contributed by atoms with E-state index in [0.717, 1.165) is 17.7 Å². The van der Waals surface area contributed by atoms with Crippen LogP contribution in [0.1, 0.15) is 32.6 Å². The number of ether oxygens (including phenoxy) is 1. The van der Waals surface area contributed by atoms with Crippen LogP contribution in [0.5, 0.6) is 0 Å². The maximum Gasteiger partial charge on any atom is 0.306 e. The molecule has 0 spiro atoms. The van der Waals surface area contributed by atoms with Crippen molar-refractivity contribution >= 4 is 35.1 Å². The van der Waals surface area contributed by atoms with Crippen LogP contribution >= 0.6 is 23.4 Å². The fourth-order valence-electron chi connectivity index (χ4n) is 2.52. The molecular formula is C16H19ClO3S. The van der Waals surface area contributed by atoms with Gasteiger partial charge in [-0.2, -0.15) is 0 Å². The third-order valence-corrected chi connectivity index (χ3v) is 5.04. The highest BCUT2D eigenvalue weighted by atomic mass is 35.5. The van der Waals surface area contributed by atoms with E-state index in [0.29, 0.717) is 24.5 Å². The average Bonchev–Trinajstić information content (AvgIpc) is 2.43. The van der Waals surface area contributed by atoms with Gasteiger partial charge < -0.3 is 4.74 Å². The lowest BCUT2D eigenvalue weighted by atomic mass is 9.86. The summed E-state index contributed by atoms with van der Waals surface area (Å²) in [6.07, 6.45) is 2.47. The normalized spacial score (nSPS) is 22.1. The Morgan fingerprint density at radius 1 is 1.48 bits per heavy atom. The summed E-state index contributed by atoms with van der Waals surface area (Å²) in [6, 6.07) is 7.53. The fraction of sp³-hybridized carbons (Fsp3) is 0.500. The minimum Gasteiger partial charge on any atom is -0.466 e. The lowest BCUT2D eigenvalue weighted by Crippen LogP contribution is -2.28. The molecule has 2 atom stereocenters. The molecule has 1 aromatic rings. The Labute approximate surface area is 134 Å². The molecule has 3 nitrogen and oxygen atoms in total. The smallest absolute Gasteiger partial charge is 0.306 e. The molecule has 2 rings (SSSR count). The molecule has 0 heterocycles. The van der Waals surface area contributed by atoms with Crippen LogP contribution in [0.2, 0.25) is 5.02 Å². The Hall–Kier alpha value is -1.00. The monoisotopic (exact) mass is 326 g/mol. The van der Waals surface area contributed by atoms with E-state index >= 15 is 0 Å². The van der Waals surface area contributed by atoms with Crippen LogP contribution < -0.4 is 0 Å². The van der Waals surface area contributed by atoms with Crippen molar-refractivity contribution in [3.05, 3.63) is 29.3 Å². The predicted molar refractivity (Wildman–Crippen MR) is 84.7 cm³/mol. The van der Waals surface area contributed by atoms with Crippen molar-refractivity contribution < 1.29 is 14.3 Å². The van der Waals surface area contributed by atoms with Crippen LogP contribution in [0.25, 0.3) is 0 Å².